The molecule has 40 heavy (non-hydrogen) atoms. The summed E-state index contributed by atoms with van der Waals surface area (Å²) in [7, 11) is 0. The Kier molecular flexibility index (Phi) is 10.7. The van der Waals surface area contributed by atoms with Crippen LogP contribution in [-0.2, 0) is 19.0 Å². The summed E-state index contributed by atoms with van der Waals surface area (Å²) in [6.45, 7) is -0.520. The molecular formula is C30H36N2O7S. The van der Waals surface area contributed by atoms with E-state index in [4.69, 9.17) is 15.2 Å². The maximum Gasteiger partial charge on any atom is 0.237 e. The predicted octanol–water partition coefficient (Wildman–Crippen LogP) is 0.972. The highest BCUT2D eigenvalue weighted by Gasteiger charge is 2.44. The molecular weight excluding hydrogens is 532 g/mol. The van der Waals surface area contributed by atoms with Crippen LogP contribution in [0.4, 0.5) is 0 Å². The van der Waals surface area contributed by atoms with Gasteiger partial charge in [-0.1, -0.05) is 91.0 Å². The lowest BCUT2D eigenvalue weighted by Gasteiger charge is -2.39. The van der Waals surface area contributed by atoms with Crippen molar-refractivity contribution in [3.05, 3.63) is 108 Å². The molecule has 1 heterocycles. The van der Waals surface area contributed by atoms with E-state index < -0.39 is 48.1 Å². The standard InChI is InChI=1S/C30H36N2O7S/c31-23(28(37)32-16-17-38-29-27(36)26(35)25(34)24(18-33)39-29)19-40-30(20-10-4-1-5-11-20,21-12-6-2-7-13-21)22-14-8-3-9-15-22/h1-15,23-27,29,33-36H,16-19,31H2,(H,32,37)/t23-,24+,25+,26-,27-,29-/m0/s1. The monoisotopic (exact) mass is 568 g/mol. The maximum atomic E-state index is 12.9. The second-order valence-electron chi connectivity index (χ2n) is 9.56. The second kappa shape index (κ2) is 14.2. The third-order valence-electron chi connectivity index (χ3n) is 6.89. The molecule has 0 aliphatic carbocycles. The highest BCUT2D eigenvalue weighted by atomic mass is 32.2. The van der Waals surface area contributed by atoms with Crippen LogP contribution in [0, 0.1) is 0 Å². The third-order valence-corrected chi connectivity index (χ3v) is 8.55. The summed E-state index contributed by atoms with van der Waals surface area (Å²) in [4.78, 5) is 12.9. The van der Waals surface area contributed by atoms with Crippen LogP contribution in [-0.4, -0.2) is 88.6 Å². The first-order chi connectivity index (χ1) is 19.4. The number of benzene rings is 3. The summed E-state index contributed by atoms with van der Waals surface area (Å²) in [5.74, 6) is -0.0501. The molecule has 1 aliphatic heterocycles. The fourth-order valence-electron chi connectivity index (χ4n) is 4.74. The highest BCUT2D eigenvalue weighted by Crippen LogP contribution is 2.48. The molecule has 1 amide bonds. The Labute approximate surface area is 237 Å². The number of amides is 1. The number of nitrogens with one attached hydrogen (secondary N) is 1. The van der Waals surface area contributed by atoms with E-state index in [0.717, 1.165) is 16.7 Å². The van der Waals surface area contributed by atoms with Crippen LogP contribution in [0.5, 0.6) is 0 Å². The summed E-state index contributed by atoms with van der Waals surface area (Å²) in [5, 5.41) is 41.9. The van der Waals surface area contributed by atoms with Gasteiger partial charge in [-0.05, 0) is 16.7 Å². The van der Waals surface area contributed by atoms with E-state index in [1.165, 1.54) is 0 Å². The average molecular weight is 569 g/mol. The zero-order chi connectivity index (χ0) is 28.5. The van der Waals surface area contributed by atoms with Crippen molar-refractivity contribution < 1.29 is 34.7 Å². The summed E-state index contributed by atoms with van der Waals surface area (Å²) in [5.41, 5.74) is 9.55. The topological polar surface area (TPSA) is 154 Å². The van der Waals surface area contributed by atoms with Crippen molar-refractivity contribution in [1.29, 1.82) is 0 Å². The number of nitrogens with two attached hydrogens (primary N) is 1. The first-order valence-electron chi connectivity index (χ1n) is 13.1. The number of rotatable bonds is 12. The zero-order valence-electron chi connectivity index (χ0n) is 22.0. The molecule has 3 aromatic rings. The highest BCUT2D eigenvalue weighted by molar-refractivity contribution is 8.00. The Morgan fingerprint density at radius 3 is 1.85 bits per heavy atom. The van der Waals surface area contributed by atoms with Gasteiger partial charge in [-0.2, -0.15) is 0 Å². The molecule has 0 bridgehead atoms. The zero-order valence-corrected chi connectivity index (χ0v) is 22.8. The average Bonchev–Trinajstić information content (AvgIpc) is 3.00. The van der Waals surface area contributed by atoms with Gasteiger partial charge in [-0.25, -0.2) is 0 Å². The van der Waals surface area contributed by atoms with Crippen molar-refractivity contribution in [3.8, 4) is 0 Å². The van der Waals surface area contributed by atoms with Crippen LogP contribution in [0.3, 0.4) is 0 Å². The smallest absolute Gasteiger partial charge is 0.237 e. The lowest BCUT2D eigenvalue weighted by atomic mass is 9.84. The Morgan fingerprint density at radius 1 is 0.875 bits per heavy atom. The van der Waals surface area contributed by atoms with Crippen LogP contribution in [0.2, 0.25) is 0 Å². The van der Waals surface area contributed by atoms with Crippen molar-refractivity contribution >= 4 is 17.7 Å². The Balaban J connectivity index is 1.41. The molecule has 4 rings (SSSR count). The fourth-order valence-corrected chi connectivity index (χ4v) is 6.23. The van der Waals surface area contributed by atoms with Gasteiger partial charge in [0, 0.05) is 12.3 Å². The molecule has 1 aliphatic rings. The van der Waals surface area contributed by atoms with Gasteiger partial charge in [0.1, 0.15) is 24.4 Å². The van der Waals surface area contributed by atoms with Gasteiger partial charge in [0.05, 0.1) is 24.0 Å². The van der Waals surface area contributed by atoms with Gasteiger partial charge >= 0.3 is 0 Å². The number of aliphatic hydroxyl groups is 4. The minimum Gasteiger partial charge on any atom is -0.394 e. The fraction of sp³-hybridized carbons (Fsp3) is 0.367. The second-order valence-corrected chi connectivity index (χ2v) is 10.8. The quantitative estimate of drug-likeness (QED) is 0.139. The number of aliphatic hydroxyl groups excluding tert-OH is 4. The summed E-state index contributed by atoms with van der Waals surface area (Å²) < 4.78 is 10.2. The van der Waals surface area contributed by atoms with E-state index in [0.29, 0.717) is 5.75 Å². The number of thioether (sulfide) groups is 1. The lowest BCUT2D eigenvalue weighted by molar-refractivity contribution is -0.300. The summed E-state index contributed by atoms with van der Waals surface area (Å²) in [6, 6.07) is 29.6. The van der Waals surface area contributed by atoms with Crippen molar-refractivity contribution in [1.82, 2.24) is 5.32 Å². The molecule has 6 atom stereocenters. The van der Waals surface area contributed by atoms with Gasteiger partial charge in [-0.3, -0.25) is 4.79 Å². The number of carbonyl (C=O) groups is 1. The van der Waals surface area contributed by atoms with Gasteiger partial charge in [0.15, 0.2) is 6.29 Å². The number of ether oxygens (including phenoxy) is 2. The number of hydrogen-bond acceptors (Lipinski definition) is 9. The number of carbonyl (C=O) groups excluding carboxylic acids is 1. The minimum atomic E-state index is -1.53. The predicted molar refractivity (Wildman–Crippen MR) is 152 cm³/mol. The molecule has 3 aromatic carbocycles. The van der Waals surface area contributed by atoms with Gasteiger partial charge < -0.3 is 41.0 Å². The summed E-state index contributed by atoms with van der Waals surface area (Å²) >= 11 is 1.58. The van der Waals surface area contributed by atoms with Crippen molar-refractivity contribution in [2.75, 3.05) is 25.5 Å². The first-order valence-corrected chi connectivity index (χ1v) is 14.1. The molecule has 0 aromatic heterocycles. The van der Waals surface area contributed by atoms with Gasteiger partial charge in [0.2, 0.25) is 5.91 Å². The molecule has 10 heteroatoms. The largest absolute Gasteiger partial charge is 0.394 e. The molecule has 0 spiro atoms. The van der Waals surface area contributed by atoms with E-state index in [-0.39, 0.29) is 19.1 Å². The molecule has 7 N–H and O–H groups in total. The molecule has 0 radical (unpaired) electrons. The van der Waals surface area contributed by atoms with Crippen molar-refractivity contribution in [3.63, 3.8) is 0 Å². The van der Waals surface area contributed by atoms with E-state index in [9.17, 15) is 25.2 Å². The third kappa shape index (κ3) is 6.73. The molecule has 0 unspecified atom stereocenters. The Morgan fingerprint density at radius 2 is 1.38 bits per heavy atom. The van der Waals surface area contributed by atoms with E-state index in [1.807, 2.05) is 54.6 Å². The van der Waals surface area contributed by atoms with Crippen molar-refractivity contribution in [2.45, 2.75) is 41.5 Å². The molecule has 9 nitrogen and oxygen atoms in total. The van der Waals surface area contributed by atoms with E-state index in [2.05, 4.69) is 41.7 Å². The minimum absolute atomic E-state index is 0.0454. The van der Waals surface area contributed by atoms with Crippen LogP contribution in [0.25, 0.3) is 0 Å². The SMILES string of the molecule is N[C@@H](CSC(c1ccccc1)(c1ccccc1)c1ccccc1)C(=O)NCCO[C@H]1O[C@H](CO)[C@@H](O)[C@H](O)[C@@H]1O. The molecule has 214 valence electrons. The van der Waals surface area contributed by atoms with Gasteiger partial charge in [0.25, 0.3) is 0 Å². The van der Waals surface area contributed by atoms with Crippen LogP contribution < -0.4 is 11.1 Å². The summed E-state index contributed by atoms with van der Waals surface area (Å²) in [6.07, 6.45) is -6.84. The van der Waals surface area contributed by atoms with E-state index >= 15 is 0 Å². The van der Waals surface area contributed by atoms with Crippen LogP contribution in [0.15, 0.2) is 91.0 Å². The van der Waals surface area contributed by atoms with Gasteiger partial charge in [-0.15, -0.1) is 11.8 Å². The van der Waals surface area contributed by atoms with Crippen LogP contribution >= 0.6 is 11.8 Å². The first kappa shape index (κ1) is 30.2. The maximum absolute atomic E-state index is 12.9. The lowest BCUT2D eigenvalue weighted by Crippen LogP contribution is -2.59. The Hall–Kier alpha value is -2.80. The van der Waals surface area contributed by atoms with Crippen molar-refractivity contribution in [2.24, 2.45) is 5.73 Å². The number of hydrogen-bond donors (Lipinski definition) is 6. The molecule has 1 saturated heterocycles. The Bertz CT molecular complexity index is 1090. The van der Waals surface area contributed by atoms with E-state index in [1.54, 1.807) is 11.8 Å². The molecule has 0 saturated carbocycles. The van der Waals surface area contributed by atoms with Crippen LogP contribution in [0.1, 0.15) is 16.7 Å². The molecule has 1 fully saturated rings. The normalized spacial score (nSPS) is 23.9.